The first-order valence-corrected chi connectivity index (χ1v) is 8.96. The van der Waals surface area contributed by atoms with Crippen LogP contribution in [0.3, 0.4) is 0 Å². The lowest BCUT2D eigenvalue weighted by Crippen LogP contribution is -2.13. The topological polar surface area (TPSA) is 65.8 Å². The average Bonchev–Trinajstić information content (AvgIpc) is 3.05. The summed E-state index contributed by atoms with van der Waals surface area (Å²) in [5.74, 6) is -0.254. The first-order valence-electron chi connectivity index (χ1n) is 7.35. The summed E-state index contributed by atoms with van der Waals surface area (Å²) in [7, 11) is 0. The molecule has 4 nitrogen and oxygen atoms in total. The van der Waals surface area contributed by atoms with Crippen molar-refractivity contribution < 1.29 is 4.79 Å². The molecule has 0 fully saturated rings. The van der Waals surface area contributed by atoms with E-state index in [-0.39, 0.29) is 5.91 Å². The molecule has 0 atom stereocenters. The van der Waals surface area contributed by atoms with Crippen molar-refractivity contribution in [2.24, 2.45) is 0 Å². The van der Waals surface area contributed by atoms with Crippen LogP contribution in [-0.4, -0.2) is 10.9 Å². The minimum Gasteiger partial charge on any atom is -0.298 e. The molecule has 1 N–H and O–H groups in total. The Morgan fingerprint density at radius 2 is 1.88 bits per heavy atom. The Hall–Kier alpha value is -2.75. The Morgan fingerprint density at radius 1 is 1.16 bits per heavy atom. The van der Waals surface area contributed by atoms with E-state index >= 15 is 0 Å². The molecule has 0 spiro atoms. The number of rotatable bonds is 4. The number of halogens is 1. The summed E-state index contributed by atoms with van der Waals surface area (Å²) in [6.45, 7) is 0. The molecule has 3 aromatic rings. The molecule has 0 unspecified atom stereocenters. The summed E-state index contributed by atoms with van der Waals surface area (Å²) in [4.78, 5) is 16.9. The molecule has 0 radical (unpaired) electrons. The Morgan fingerprint density at radius 3 is 2.48 bits per heavy atom. The summed E-state index contributed by atoms with van der Waals surface area (Å²) >= 11 is 4.68. The fourth-order valence-electron chi connectivity index (χ4n) is 2.20. The summed E-state index contributed by atoms with van der Waals surface area (Å²) in [6, 6.07) is 18.6. The van der Waals surface area contributed by atoms with Crippen molar-refractivity contribution in [2.75, 3.05) is 5.32 Å². The van der Waals surface area contributed by atoms with E-state index < -0.39 is 0 Å². The molecule has 0 aliphatic carbocycles. The molecule has 0 aliphatic heterocycles. The maximum absolute atomic E-state index is 12.8. The minimum absolute atomic E-state index is 0.254. The van der Waals surface area contributed by atoms with Crippen LogP contribution in [-0.2, 0) is 4.79 Å². The molecule has 0 saturated carbocycles. The van der Waals surface area contributed by atoms with Gasteiger partial charge in [-0.3, -0.25) is 10.1 Å². The number of hydrogen-bond donors (Lipinski definition) is 1. The predicted octanol–water partition coefficient (Wildman–Crippen LogP) is 4.96. The van der Waals surface area contributed by atoms with E-state index in [1.165, 1.54) is 11.3 Å². The van der Waals surface area contributed by atoms with Crippen LogP contribution in [0.4, 0.5) is 5.13 Å². The number of carbonyl (C=O) groups excluding carboxylic acids is 1. The number of hydrogen-bond acceptors (Lipinski definition) is 4. The molecule has 1 heterocycles. The highest BCUT2D eigenvalue weighted by molar-refractivity contribution is 9.11. The quantitative estimate of drug-likeness (QED) is 0.489. The number of nitrogens with one attached hydrogen (secondary N) is 1. The van der Waals surface area contributed by atoms with Crippen molar-refractivity contribution in [3.05, 3.63) is 81.3 Å². The maximum Gasteiger partial charge on any atom is 0.258 e. The zero-order valence-corrected chi connectivity index (χ0v) is 15.3. The Bertz CT molecular complexity index is 956. The van der Waals surface area contributed by atoms with Gasteiger partial charge in [-0.15, -0.1) is 0 Å². The van der Waals surface area contributed by atoms with Gasteiger partial charge in [0.25, 0.3) is 5.91 Å². The van der Waals surface area contributed by atoms with E-state index in [9.17, 15) is 4.79 Å². The predicted molar refractivity (Wildman–Crippen MR) is 104 cm³/mol. The van der Waals surface area contributed by atoms with Crippen LogP contribution in [0.15, 0.2) is 64.6 Å². The number of thiazole rings is 1. The average molecular weight is 410 g/mol. The second kappa shape index (κ2) is 7.88. The van der Waals surface area contributed by atoms with Gasteiger partial charge in [0, 0.05) is 5.57 Å². The molecule has 25 heavy (non-hydrogen) atoms. The van der Waals surface area contributed by atoms with E-state index in [1.807, 2.05) is 36.4 Å². The molecular weight excluding hydrogens is 398 g/mol. The number of anilines is 1. The zero-order chi connectivity index (χ0) is 17.6. The summed E-state index contributed by atoms with van der Waals surface area (Å²) in [6.07, 6.45) is 3.46. The van der Waals surface area contributed by atoms with Gasteiger partial charge in [0.05, 0.1) is 21.6 Å². The molecule has 6 heteroatoms. The molecule has 1 aromatic heterocycles. The van der Waals surface area contributed by atoms with Crippen LogP contribution in [0.1, 0.15) is 16.7 Å². The second-order valence-corrected chi connectivity index (χ2v) is 7.49. The van der Waals surface area contributed by atoms with Gasteiger partial charge in [-0.05, 0) is 45.3 Å². The Kier molecular flexibility index (Phi) is 5.39. The van der Waals surface area contributed by atoms with Crippen LogP contribution >= 0.6 is 27.3 Å². The first kappa shape index (κ1) is 17.1. The van der Waals surface area contributed by atoms with E-state index in [0.29, 0.717) is 16.3 Å². The zero-order valence-electron chi connectivity index (χ0n) is 12.9. The normalized spacial score (nSPS) is 11.0. The maximum atomic E-state index is 12.8. The van der Waals surface area contributed by atoms with Gasteiger partial charge in [0.1, 0.15) is 0 Å². The van der Waals surface area contributed by atoms with Gasteiger partial charge in [-0.2, -0.15) is 5.26 Å². The lowest BCUT2D eigenvalue weighted by atomic mass is 10.0. The first-order chi connectivity index (χ1) is 12.2. The lowest BCUT2D eigenvalue weighted by Gasteiger charge is -2.08. The van der Waals surface area contributed by atoms with Gasteiger partial charge in [-0.1, -0.05) is 53.8 Å². The second-order valence-electron chi connectivity index (χ2n) is 5.08. The fraction of sp³-hybridized carbons (Fsp3) is 0. The SMILES string of the molecule is N#Cc1ccc(C(=Cc2ccccc2)C(=O)Nc2ncc(Br)s2)cc1. The molecule has 0 bridgehead atoms. The Balaban J connectivity index is 1.97. The van der Waals surface area contributed by atoms with Crippen molar-refractivity contribution >= 4 is 50.0 Å². The third-order valence-corrected chi connectivity index (χ3v) is 4.77. The molecule has 2 aromatic carbocycles. The number of amides is 1. The number of nitriles is 1. The molecule has 1 amide bonds. The van der Waals surface area contributed by atoms with Gasteiger partial charge < -0.3 is 0 Å². The standard InChI is InChI=1S/C19H12BrN3OS/c20-17-12-22-19(25-17)23-18(24)16(10-13-4-2-1-3-5-13)15-8-6-14(11-21)7-9-15/h1-10,12H,(H,22,23,24). The van der Waals surface area contributed by atoms with Crippen molar-refractivity contribution in [1.82, 2.24) is 4.98 Å². The van der Waals surface area contributed by atoms with Gasteiger partial charge in [0.15, 0.2) is 5.13 Å². The highest BCUT2D eigenvalue weighted by Gasteiger charge is 2.14. The van der Waals surface area contributed by atoms with E-state index in [0.717, 1.165) is 14.9 Å². The molecular formula is C19H12BrN3OS. The van der Waals surface area contributed by atoms with Crippen LogP contribution in [0, 0.1) is 11.3 Å². The summed E-state index contributed by atoms with van der Waals surface area (Å²) < 4.78 is 0.842. The number of carbonyl (C=O) groups is 1. The minimum atomic E-state index is -0.254. The highest BCUT2D eigenvalue weighted by Crippen LogP contribution is 2.26. The Labute approximate surface area is 157 Å². The van der Waals surface area contributed by atoms with E-state index in [4.69, 9.17) is 5.26 Å². The smallest absolute Gasteiger partial charge is 0.258 e. The van der Waals surface area contributed by atoms with Crippen LogP contribution in [0.25, 0.3) is 11.6 Å². The van der Waals surface area contributed by atoms with E-state index in [2.05, 4.69) is 32.3 Å². The van der Waals surface area contributed by atoms with Crippen molar-refractivity contribution in [3.8, 4) is 6.07 Å². The van der Waals surface area contributed by atoms with Crippen molar-refractivity contribution in [1.29, 1.82) is 5.26 Å². The van der Waals surface area contributed by atoms with Crippen LogP contribution in [0.5, 0.6) is 0 Å². The number of nitrogens with zero attached hydrogens (tertiary/aromatic N) is 2. The molecule has 122 valence electrons. The van der Waals surface area contributed by atoms with Gasteiger partial charge >= 0.3 is 0 Å². The van der Waals surface area contributed by atoms with Crippen LogP contribution in [0.2, 0.25) is 0 Å². The van der Waals surface area contributed by atoms with Crippen molar-refractivity contribution in [2.45, 2.75) is 0 Å². The van der Waals surface area contributed by atoms with Gasteiger partial charge in [-0.25, -0.2) is 4.98 Å². The number of benzene rings is 2. The van der Waals surface area contributed by atoms with Crippen molar-refractivity contribution in [3.63, 3.8) is 0 Å². The number of aromatic nitrogens is 1. The highest BCUT2D eigenvalue weighted by atomic mass is 79.9. The molecule has 0 saturated heterocycles. The molecule has 0 aliphatic rings. The van der Waals surface area contributed by atoms with Gasteiger partial charge in [0.2, 0.25) is 0 Å². The summed E-state index contributed by atoms with van der Waals surface area (Å²) in [5, 5.41) is 12.3. The fourth-order valence-corrected chi connectivity index (χ4v) is 3.30. The molecule has 3 rings (SSSR count). The summed E-state index contributed by atoms with van der Waals surface area (Å²) in [5.41, 5.74) is 2.70. The third kappa shape index (κ3) is 4.41. The largest absolute Gasteiger partial charge is 0.298 e. The van der Waals surface area contributed by atoms with E-state index in [1.54, 1.807) is 30.5 Å². The monoisotopic (exact) mass is 409 g/mol. The third-order valence-electron chi connectivity index (χ3n) is 3.38. The lowest BCUT2D eigenvalue weighted by molar-refractivity contribution is -0.111. The van der Waals surface area contributed by atoms with Crippen LogP contribution < -0.4 is 5.32 Å².